The number of rotatable bonds is 2. The van der Waals surface area contributed by atoms with Gasteiger partial charge in [-0.25, -0.2) is 0 Å². The fraction of sp³-hybridized carbons (Fsp3) is 0.0769. The van der Waals surface area contributed by atoms with Gasteiger partial charge in [-0.2, -0.15) is 0 Å². The third-order valence-corrected chi connectivity index (χ3v) is 4.25. The lowest BCUT2D eigenvalue weighted by Crippen LogP contribution is -1.93. The van der Waals surface area contributed by atoms with Crippen LogP contribution < -0.4 is 0 Å². The molecule has 0 aliphatic rings. The molecule has 1 atom stereocenters. The highest BCUT2D eigenvalue weighted by Gasteiger charge is 2.14. The van der Waals surface area contributed by atoms with Crippen LogP contribution >= 0.6 is 50.7 Å². The molecule has 1 unspecified atom stereocenters. The van der Waals surface area contributed by atoms with Crippen LogP contribution in [0.4, 0.5) is 0 Å². The summed E-state index contributed by atoms with van der Waals surface area (Å²) in [7, 11) is 0. The van der Waals surface area contributed by atoms with Crippen molar-refractivity contribution in [2.24, 2.45) is 0 Å². The van der Waals surface area contributed by atoms with E-state index in [9.17, 15) is 0 Å². The second-order valence-electron chi connectivity index (χ2n) is 3.58. The Bertz CT molecular complexity index is 523. The lowest BCUT2D eigenvalue weighted by Gasteiger charge is -2.13. The van der Waals surface area contributed by atoms with Crippen molar-refractivity contribution in [3.8, 4) is 0 Å². The SMILES string of the molecule is Clc1ccc(C(Br)c2cc(Cl)ccc2Cl)cc1. The topological polar surface area (TPSA) is 0 Å². The molecule has 0 aliphatic heterocycles. The monoisotopic (exact) mass is 348 g/mol. The molecule has 17 heavy (non-hydrogen) atoms. The highest BCUT2D eigenvalue weighted by molar-refractivity contribution is 9.09. The third-order valence-electron chi connectivity index (χ3n) is 2.39. The fourth-order valence-electron chi connectivity index (χ4n) is 1.52. The van der Waals surface area contributed by atoms with Gasteiger partial charge in [0.15, 0.2) is 0 Å². The summed E-state index contributed by atoms with van der Waals surface area (Å²) in [4.78, 5) is 0.00552. The Labute approximate surface area is 124 Å². The van der Waals surface area contributed by atoms with Crippen LogP contribution in [0.1, 0.15) is 16.0 Å². The maximum absolute atomic E-state index is 6.16. The summed E-state index contributed by atoms with van der Waals surface area (Å²) in [6.45, 7) is 0. The minimum absolute atomic E-state index is 0.00552. The first-order valence-electron chi connectivity index (χ1n) is 4.92. The van der Waals surface area contributed by atoms with E-state index in [4.69, 9.17) is 34.8 Å². The van der Waals surface area contributed by atoms with Gasteiger partial charge in [0.2, 0.25) is 0 Å². The highest BCUT2D eigenvalue weighted by atomic mass is 79.9. The number of benzene rings is 2. The predicted molar refractivity (Wildman–Crippen MR) is 78.7 cm³/mol. The van der Waals surface area contributed by atoms with Crippen LogP contribution in [0, 0.1) is 0 Å². The van der Waals surface area contributed by atoms with Crippen LogP contribution in [-0.2, 0) is 0 Å². The van der Waals surface area contributed by atoms with E-state index in [2.05, 4.69) is 15.9 Å². The van der Waals surface area contributed by atoms with Gasteiger partial charge in [0.1, 0.15) is 0 Å². The van der Waals surface area contributed by atoms with Crippen LogP contribution in [0.15, 0.2) is 42.5 Å². The molecule has 2 rings (SSSR count). The molecule has 0 nitrogen and oxygen atoms in total. The van der Waals surface area contributed by atoms with Crippen molar-refractivity contribution in [3.63, 3.8) is 0 Å². The average Bonchev–Trinajstić information content (AvgIpc) is 2.32. The minimum Gasteiger partial charge on any atom is -0.0843 e. The van der Waals surface area contributed by atoms with Crippen molar-refractivity contribution in [1.29, 1.82) is 0 Å². The Kier molecular flexibility index (Phi) is 4.37. The van der Waals surface area contributed by atoms with Crippen LogP contribution in [-0.4, -0.2) is 0 Å². The molecule has 0 amide bonds. The summed E-state index contributed by atoms with van der Waals surface area (Å²) in [6, 6.07) is 13.0. The molecule has 0 N–H and O–H groups in total. The molecule has 0 bridgehead atoms. The molecule has 2 aromatic carbocycles. The summed E-state index contributed by atoms with van der Waals surface area (Å²) < 4.78 is 0. The zero-order valence-corrected chi connectivity index (χ0v) is 12.5. The maximum atomic E-state index is 6.16. The van der Waals surface area contributed by atoms with Crippen LogP contribution in [0.5, 0.6) is 0 Å². The van der Waals surface area contributed by atoms with Crippen LogP contribution in [0.25, 0.3) is 0 Å². The van der Waals surface area contributed by atoms with Gasteiger partial charge in [-0.1, -0.05) is 62.9 Å². The summed E-state index contributed by atoms with van der Waals surface area (Å²) in [5, 5.41) is 2.07. The maximum Gasteiger partial charge on any atom is 0.0659 e. The molecular weight excluding hydrogens is 342 g/mol. The van der Waals surface area contributed by atoms with Crippen molar-refractivity contribution in [2.45, 2.75) is 4.83 Å². The first-order valence-corrected chi connectivity index (χ1v) is 6.97. The lowest BCUT2D eigenvalue weighted by molar-refractivity contribution is 1.18. The number of alkyl halides is 1. The fourth-order valence-corrected chi connectivity index (χ4v) is 2.87. The molecule has 0 spiro atoms. The number of hydrogen-bond donors (Lipinski definition) is 0. The van der Waals surface area contributed by atoms with E-state index in [1.54, 1.807) is 12.1 Å². The molecular formula is C13H8BrCl3. The Hall–Kier alpha value is -0.210. The van der Waals surface area contributed by atoms with Crippen LogP contribution in [0.2, 0.25) is 15.1 Å². The normalized spacial score (nSPS) is 12.5. The van der Waals surface area contributed by atoms with Gasteiger partial charge >= 0.3 is 0 Å². The first kappa shape index (κ1) is 13.2. The molecule has 0 heterocycles. The van der Waals surface area contributed by atoms with Gasteiger partial charge in [-0.15, -0.1) is 0 Å². The van der Waals surface area contributed by atoms with E-state index < -0.39 is 0 Å². The standard InChI is InChI=1S/C13H8BrCl3/c14-13(8-1-3-9(15)4-2-8)11-7-10(16)5-6-12(11)17/h1-7,13H. The van der Waals surface area contributed by atoms with Crippen molar-refractivity contribution >= 4 is 50.7 Å². The number of halogens is 4. The van der Waals surface area contributed by atoms with Gasteiger partial charge in [-0.05, 0) is 41.5 Å². The molecule has 0 radical (unpaired) electrons. The summed E-state index contributed by atoms with van der Waals surface area (Å²) >= 11 is 21.6. The molecule has 0 aromatic heterocycles. The molecule has 0 saturated carbocycles. The van der Waals surface area contributed by atoms with Crippen molar-refractivity contribution < 1.29 is 0 Å². The van der Waals surface area contributed by atoms with Gasteiger partial charge in [0.25, 0.3) is 0 Å². The zero-order chi connectivity index (χ0) is 12.4. The average molecular weight is 350 g/mol. The largest absolute Gasteiger partial charge is 0.0843 e. The van der Waals surface area contributed by atoms with Gasteiger partial charge in [0, 0.05) is 15.1 Å². The van der Waals surface area contributed by atoms with E-state index >= 15 is 0 Å². The van der Waals surface area contributed by atoms with Gasteiger partial charge < -0.3 is 0 Å². The smallest absolute Gasteiger partial charge is 0.0659 e. The quantitative estimate of drug-likeness (QED) is 0.571. The lowest BCUT2D eigenvalue weighted by atomic mass is 10.1. The van der Waals surface area contributed by atoms with Gasteiger partial charge in [0.05, 0.1) is 4.83 Å². The predicted octanol–water partition coefficient (Wildman–Crippen LogP) is 6.13. The second-order valence-corrected chi connectivity index (χ2v) is 5.78. The number of hydrogen-bond acceptors (Lipinski definition) is 0. The molecule has 0 saturated heterocycles. The minimum atomic E-state index is 0.00552. The second kappa shape index (κ2) is 5.62. The van der Waals surface area contributed by atoms with E-state index in [-0.39, 0.29) is 4.83 Å². The molecule has 4 heteroatoms. The Morgan fingerprint density at radius 1 is 0.824 bits per heavy atom. The summed E-state index contributed by atoms with van der Waals surface area (Å²) in [5.41, 5.74) is 2.03. The summed E-state index contributed by atoms with van der Waals surface area (Å²) in [6.07, 6.45) is 0. The highest BCUT2D eigenvalue weighted by Crippen LogP contribution is 2.36. The molecule has 0 fully saturated rings. The first-order chi connectivity index (χ1) is 8.08. The molecule has 88 valence electrons. The van der Waals surface area contributed by atoms with Crippen molar-refractivity contribution in [1.82, 2.24) is 0 Å². The third kappa shape index (κ3) is 3.17. The molecule has 2 aromatic rings. The Morgan fingerprint density at radius 3 is 2.06 bits per heavy atom. The van der Waals surface area contributed by atoms with Crippen LogP contribution in [0.3, 0.4) is 0 Å². The summed E-state index contributed by atoms with van der Waals surface area (Å²) in [5.74, 6) is 0. The van der Waals surface area contributed by atoms with E-state index in [1.165, 1.54) is 0 Å². The van der Waals surface area contributed by atoms with E-state index in [1.807, 2.05) is 30.3 Å². The van der Waals surface area contributed by atoms with Crippen molar-refractivity contribution in [3.05, 3.63) is 68.7 Å². The van der Waals surface area contributed by atoms with Gasteiger partial charge in [-0.3, -0.25) is 0 Å². The van der Waals surface area contributed by atoms with Crippen molar-refractivity contribution in [2.75, 3.05) is 0 Å². The zero-order valence-electron chi connectivity index (χ0n) is 8.63. The van der Waals surface area contributed by atoms with E-state index in [0.29, 0.717) is 15.1 Å². The van der Waals surface area contributed by atoms with E-state index in [0.717, 1.165) is 11.1 Å². The Morgan fingerprint density at radius 2 is 1.41 bits per heavy atom. The molecule has 0 aliphatic carbocycles. The Balaban J connectivity index is 2.39.